The van der Waals surface area contributed by atoms with Crippen molar-refractivity contribution in [3.8, 4) is 0 Å². The molecule has 0 spiro atoms. The van der Waals surface area contributed by atoms with Crippen LogP contribution in [0.5, 0.6) is 0 Å². The quantitative estimate of drug-likeness (QED) is 0.751. The van der Waals surface area contributed by atoms with Gasteiger partial charge in [-0.1, -0.05) is 46.9 Å². The number of carbonyl (C=O) groups excluding carboxylic acids is 2. The predicted octanol–water partition coefficient (Wildman–Crippen LogP) is 4.41. The second-order valence-electron chi connectivity index (χ2n) is 4.78. The van der Waals surface area contributed by atoms with Crippen molar-refractivity contribution in [1.29, 1.82) is 0 Å². The highest BCUT2D eigenvalue weighted by Gasteiger charge is 2.07. The van der Waals surface area contributed by atoms with Gasteiger partial charge < -0.3 is 10.6 Å². The van der Waals surface area contributed by atoms with Crippen LogP contribution in [0.2, 0.25) is 15.1 Å². The fourth-order valence-electron chi connectivity index (χ4n) is 1.80. The van der Waals surface area contributed by atoms with Crippen molar-refractivity contribution in [2.45, 2.75) is 0 Å². The third kappa shape index (κ3) is 5.89. The van der Waals surface area contributed by atoms with Gasteiger partial charge in [-0.3, -0.25) is 9.59 Å². The van der Waals surface area contributed by atoms with Gasteiger partial charge in [-0.05, 0) is 42.0 Å². The number of halogens is 3. The maximum atomic E-state index is 11.8. The molecule has 2 N–H and O–H groups in total. The molecular weight excluding hydrogens is 371 g/mol. The molecule has 24 heavy (non-hydrogen) atoms. The Bertz CT molecular complexity index is 791. The van der Waals surface area contributed by atoms with Crippen LogP contribution in [0.1, 0.15) is 5.56 Å². The Labute approximate surface area is 154 Å². The topological polar surface area (TPSA) is 58.2 Å². The van der Waals surface area contributed by atoms with Crippen molar-refractivity contribution >= 4 is 58.4 Å². The molecule has 0 heterocycles. The molecule has 2 aromatic rings. The lowest BCUT2D eigenvalue weighted by Gasteiger charge is -2.08. The Morgan fingerprint density at radius 2 is 1.75 bits per heavy atom. The minimum absolute atomic E-state index is 0.193. The normalized spacial score (nSPS) is 10.6. The van der Waals surface area contributed by atoms with E-state index in [0.29, 0.717) is 20.8 Å². The fourth-order valence-corrected chi connectivity index (χ4v) is 2.33. The lowest BCUT2D eigenvalue weighted by molar-refractivity contribution is -0.121. The Balaban J connectivity index is 1.85. The summed E-state index contributed by atoms with van der Waals surface area (Å²) in [4.78, 5) is 23.6. The van der Waals surface area contributed by atoms with Crippen LogP contribution >= 0.6 is 34.8 Å². The molecule has 0 saturated heterocycles. The molecule has 2 amide bonds. The summed E-state index contributed by atoms with van der Waals surface area (Å²) in [6.45, 7) is -0.193. The summed E-state index contributed by atoms with van der Waals surface area (Å²) in [5.41, 5.74) is 1.17. The summed E-state index contributed by atoms with van der Waals surface area (Å²) in [7, 11) is 0. The summed E-state index contributed by atoms with van der Waals surface area (Å²) in [6, 6.07) is 11.8. The van der Waals surface area contributed by atoms with Gasteiger partial charge in [0.15, 0.2) is 0 Å². The molecule has 0 saturated carbocycles. The van der Waals surface area contributed by atoms with E-state index >= 15 is 0 Å². The van der Waals surface area contributed by atoms with Gasteiger partial charge in [-0.25, -0.2) is 0 Å². The number of hydrogen-bond donors (Lipinski definition) is 2. The number of rotatable bonds is 5. The second-order valence-corrected chi connectivity index (χ2v) is 6.06. The standard InChI is InChI=1S/C17H13Cl3N2O2/c18-12-3-1-2-11(8-12)4-7-16(23)21-10-17(24)22-15-9-13(19)5-6-14(15)20/h1-9H,10H2,(H,21,23)(H,22,24)/b7-4+. The Kier molecular flexibility index (Phi) is 6.67. The van der Waals surface area contributed by atoms with E-state index in [1.807, 2.05) is 6.07 Å². The summed E-state index contributed by atoms with van der Waals surface area (Å²) >= 11 is 17.6. The van der Waals surface area contributed by atoms with Crippen molar-refractivity contribution in [2.24, 2.45) is 0 Å². The molecular formula is C17H13Cl3N2O2. The zero-order chi connectivity index (χ0) is 17.5. The minimum atomic E-state index is -0.413. The molecule has 0 aliphatic carbocycles. The first kappa shape index (κ1) is 18.3. The smallest absolute Gasteiger partial charge is 0.244 e. The van der Waals surface area contributed by atoms with Crippen LogP contribution in [0.15, 0.2) is 48.5 Å². The first-order chi connectivity index (χ1) is 11.4. The highest BCUT2D eigenvalue weighted by molar-refractivity contribution is 6.35. The Morgan fingerprint density at radius 3 is 2.50 bits per heavy atom. The number of benzene rings is 2. The molecule has 124 valence electrons. The van der Waals surface area contributed by atoms with Gasteiger partial charge >= 0.3 is 0 Å². The Morgan fingerprint density at radius 1 is 1.00 bits per heavy atom. The Hall–Kier alpha value is -2.01. The molecule has 7 heteroatoms. The largest absolute Gasteiger partial charge is 0.343 e. The van der Waals surface area contributed by atoms with E-state index in [0.717, 1.165) is 5.56 Å². The second kappa shape index (κ2) is 8.73. The third-order valence-electron chi connectivity index (χ3n) is 2.90. The molecule has 0 bridgehead atoms. The molecule has 0 aromatic heterocycles. The van der Waals surface area contributed by atoms with Crippen molar-refractivity contribution in [1.82, 2.24) is 5.32 Å². The molecule has 0 fully saturated rings. The number of anilines is 1. The number of nitrogens with one attached hydrogen (secondary N) is 2. The van der Waals surface area contributed by atoms with Crippen molar-refractivity contribution in [3.05, 3.63) is 69.2 Å². The average molecular weight is 384 g/mol. The summed E-state index contributed by atoms with van der Waals surface area (Å²) in [5, 5.41) is 6.44. The number of hydrogen-bond acceptors (Lipinski definition) is 2. The zero-order valence-corrected chi connectivity index (χ0v) is 14.6. The molecule has 0 aliphatic rings. The van der Waals surface area contributed by atoms with E-state index in [1.54, 1.807) is 36.4 Å². The van der Waals surface area contributed by atoms with Gasteiger partial charge in [-0.2, -0.15) is 0 Å². The number of amides is 2. The minimum Gasteiger partial charge on any atom is -0.343 e. The third-order valence-corrected chi connectivity index (χ3v) is 3.70. The van der Waals surface area contributed by atoms with Crippen molar-refractivity contribution in [3.63, 3.8) is 0 Å². The fraction of sp³-hybridized carbons (Fsp3) is 0.0588. The van der Waals surface area contributed by atoms with E-state index in [-0.39, 0.29) is 6.54 Å². The molecule has 2 rings (SSSR count). The monoisotopic (exact) mass is 382 g/mol. The van der Waals surface area contributed by atoms with E-state index in [2.05, 4.69) is 10.6 Å². The molecule has 2 aromatic carbocycles. The van der Waals surface area contributed by atoms with E-state index < -0.39 is 11.8 Å². The zero-order valence-electron chi connectivity index (χ0n) is 12.4. The summed E-state index contributed by atoms with van der Waals surface area (Å²) in [5.74, 6) is -0.814. The van der Waals surface area contributed by atoms with Crippen LogP contribution in [-0.4, -0.2) is 18.4 Å². The predicted molar refractivity (Wildman–Crippen MR) is 98.6 cm³/mol. The van der Waals surface area contributed by atoms with Crippen LogP contribution in [0.4, 0.5) is 5.69 Å². The van der Waals surface area contributed by atoms with E-state index in [9.17, 15) is 9.59 Å². The van der Waals surface area contributed by atoms with Gasteiger partial charge in [-0.15, -0.1) is 0 Å². The summed E-state index contributed by atoms with van der Waals surface area (Å²) in [6.07, 6.45) is 2.93. The van der Waals surface area contributed by atoms with Crippen LogP contribution in [0.3, 0.4) is 0 Å². The van der Waals surface area contributed by atoms with Gasteiger partial charge in [0, 0.05) is 16.1 Å². The van der Waals surface area contributed by atoms with Gasteiger partial charge in [0.25, 0.3) is 0 Å². The molecule has 0 aliphatic heterocycles. The van der Waals surface area contributed by atoms with Gasteiger partial charge in [0.05, 0.1) is 17.3 Å². The van der Waals surface area contributed by atoms with Crippen LogP contribution in [0, 0.1) is 0 Å². The summed E-state index contributed by atoms with van der Waals surface area (Å²) < 4.78 is 0. The van der Waals surface area contributed by atoms with Crippen molar-refractivity contribution in [2.75, 3.05) is 11.9 Å². The van der Waals surface area contributed by atoms with Gasteiger partial charge in [0.2, 0.25) is 11.8 Å². The lowest BCUT2D eigenvalue weighted by Crippen LogP contribution is -2.31. The van der Waals surface area contributed by atoms with E-state index in [1.165, 1.54) is 12.1 Å². The maximum Gasteiger partial charge on any atom is 0.244 e. The average Bonchev–Trinajstić information content (AvgIpc) is 2.54. The molecule has 4 nitrogen and oxygen atoms in total. The first-order valence-corrected chi connectivity index (χ1v) is 8.04. The lowest BCUT2D eigenvalue weighted by atomic mass is 10.2. The number of carbonyl (C=O) groups is 2. The van der Waals surface area contributed by atoms with Crippen LogP contribution < -0.4 is 10.6 Å². The highest BCUT2D eigenvalue weighted by Crippen LogP contribution is 2.25. The highest BCUT2D eigenvalue weighted by atomic mass is 35.5. The van der Waals surface area contributed by atoms with Crippen LogP contribution in [0.25, 0.3) is 6.08 Å². The first-order valence-electron chi connectivity index (χ1n) is 6.90. The van der Waals surface area contributed by atoms with Gasteiger partial charge in [0.1, 0.15) is 0 Å². The molecule has 0 unspecified atom stereocenters. The van der Waals surface area contributed by atoms with E-state index in [4.69, 9.17) is 34.8 Å². The molecule has 0 atom stereocenters. The SMILES string of the molecule is O=C(/C=C/c1cccc(Cl)c1)NCC(=O)Nc1cc(Cl)ccc1Cl. The van der Waals surface area contributed by atoms with Crippen molar-refractivity contribution < 1.29 is 9.59 Å². The maximum absolute atomic E-state index is 11.8. The molecule has 0 radical (unpaired) electrons. The van der Waals surface area contributed by atoms with Crippen LogP contribution in [-0.2, 0) is 9.59 Å².